The van der Waals surface area contributed by atoms with E-state index in [2.05, 4.69) is 5.32 Å². The van der Waals surface area contributed by atoms with Gasteiger partial charge in [0.25, 0.3) is 0 Å². The van der Waals surface area contributed by atoms with E-state index in [0.29, 0.717) is 0 Å². The first kappa shape index (κ1) is 17.5. The van der Waals surface area contributed by atoms with Crippen molar-refractivity contribution in [2.45, 2.75) is 38.4 Å². The molecule has 0 amide bonds. The monoisotopic (exact) mass is 303 g/mol. The number of ether oxygens (including phenoxy) is 1. The zero-order chi connectivity index (χ0) is 15.9. The quantitative estimate of drug-likeness (QED) is 0.786. The first-order chi connectivity index (χ1) is 9.83. The number of alkyl halides is 3. The second-order valence-corrected chi connectivity index (χ2v) is 4.85. The van der Waals surface area contributed by atoms with E-state index in [9.17, 15) is 18.0 Å². The van der Waals surface area contributed by atoms with Crippen molar-refractivity contribution in [1.29, 1.82) is 0 Å². The van der Waals surface area contributed by atoms with Crippen LogP contribution in [0.2, 0.25) is 0 Å². The molecule has 2 unspecified atom stereocenters. The van der Waals surface area contributed by atoms with Gasteiger partial charge in [-0.25, -0.2) is 0 Å². The summed E-state index contributed by atoms with van der Waals surface area (Å²) in [5.41, 5.74) is 0.973. The van der Waals surface area contributed by atoms with Crippen molar-refractivity contribution in [3.63, 3.8) is 0 Å². The number of hydrogen-bond acceptors (Lipinski definition) is 3. The molecule has 0 aliphatic heterocycles. The summed E-state index contributed by atoms with van der Waals surface area (Å²) in [7, 11) is 0. The maximum atomic E-state index is 12.3. The van der Waals surface area contributed by atoms with Crippen LogP contribution < -0.4 is 5.32 Å². The number of halogens is 3. The molecule has 21 heavy (non-hydrogen) atoms. The summed E-state index contributed by atoms with van der Waals surface area (Å²) >= 11 is 0. The van der Waals surface area contributed by atoms with Crippen molar-refractivity contribution in [3.05, 3.63) is 35.9 Å². The molecule has 3 nitrogen and oxygen atoms in total. The van der Waals surface area contributed by atoms with E-state index in [4.69, 9.17) is 4.74 Å². The van der Waals surface area contributed by atoms with Gasteiger partial charge in [-0.1, -0.05) is 37.3 Å². The predicted octanol–water partition coefficient (Wildman–Crippen LogP) is 3.26. The average molecular weight is 303 g/mol. The molecular weight excluding hydrogens is 283 g/mol. The summed E-state index contributed by atoms with van der Waals surface area (Å²) in [6.07, 6.45) is -4.11. The first-order valence-electron chi connectivity index (χ1n) is 6.85. The van der Waals surface area contributed by atoms with Gasteiger partial charge in [-0.2, -0.15) is 13.2 Å². The third-order valence-corrected chi connectivity index (χ3v) is 3.08. The lowest BCUT2D eigenvalue weighted by Crippen LogP contribution is -2.43. The number of esters is 1. The normalized spacial score (nSPS) is 14.5. The van der Waals surface area contributed by atoms with Gasteiger partial charge < -0.3 is 4.74 Å². The third-order valence-electron chi connectivity index (χ3n) is 3.08. The summed E-state index contributed by atoms with van der Waals surface area (Å²) in [6, 6.07) is 8.37. The van der Waals surface area contributed by atoms with Crippen molar-refractivity contribution in [2.24, 2.45) is 0 Å². The molecule has 6 heteroatoms. The average Bonchev–Trinajstić information content (AvgIpc) is 2.43. The van der Waals surface area contributed by atoms with Crippen LogP contribution in [0.5, 0.6) is 0 Å². The Kier molecular flexibility index (Phi) is 6.68. The van der Waals surface area contributed by atoms with Crippen molar-refractivity contribution < 1.29 is 22.7 Å². The van der Waals surface area contributed by atoms with Gasteiger partial charge in [-0.3, -0.25) is 10.1 Å². The van der Waals surface area contributed by atoms with Crippen LogP contribution in [0.1, 0.15) is 31.7 Å². The minimum Gasteiger partial charge on any atom is -0.465 e. The lowest BCUT2D eigenvalue weighted by atomic mass is 9.94. The molecule has 0 saturated heterocycles. The highest BCUT2D eigenvalue weighted by Crippen LogP contribution is 2.21. The standard InChI is InChI=1S/C15H20F3NO2/c1-3-21-14(20)13(19-10-15(16,17)18)9-11(2)12-7-5-4-6-8-12/h4-8,11,13,19H,3,9-10H2,1-2H3. The van der Waals surface area contributed by atoms with Gasteiger partial charge in [0.15, 0.2) is 0 Å². The highest BCUT2D eigenvalue weighted by molar-refractivity contribution is 5.75. The lowest BCUT2D eigenvalue weighted by Gasteiger charge is -2.22. The van der Waals surface area contributed by atoms with E-state index >= 15 is 0 Å². The van der Waals surface area contributed by atoms with Crippen LogP contribution in [0.25, 0.3) is 0 Å². The molecule has 118 valence electrons. The summed E-state index contributed by atoms with van der Waals surface area (Å²) < 4.78 is 41.8. The summed E-state index contributed by atoms with van der Waals surface area (Å²) in [5.74, 6) is -0.703. The van der Waals surface area contributed by atoms with Crippen LogP contribution in [0.15, 0.2) is 30.3 Å². The molecule has 0 radical (unpaired) electrons. The van der Waals surface area contributed by atoms with Crippen molar-refractivity contribution in [2.75, 3.05) is 13.2 Å². The fraction of sp³-hybridized carbons (Fsp3) is 0.533. The second-order valence-electron chi connectivity index (χ2n) is 4.85. The molecule has 0 bridgehead atoms. The Morgan fingerprint density at radius 3 is 2.43 bits per heavy atom. The van der Waals surface area contributed by atoms with Crippen LogP contribution in [0.4, 0.5) is 13.2 Å². The molecule has 2 atom stereocenters. The van der Waals surface area contributed by atoms with Crippen LogP contribution in [0, 0.1) is 0 Å². The Bertz CT molecular complexity index is 434. The van der Waals surface area contributed by atoms with Gasteiger partial charge in [-0.15, -0.1) is 0 Å². The van der Waals surface area contributed by atoms with E-state index in [1.165, 1.54) is 0 Å². The molecular formula is C15H20F3NO2. The highest BCUT2D eigenvalue weighted by Gasteiger charge is 2.31. The smallest absolute Gasteiger partial charge is 0.401 e. The maximum Gasteiger partial charge on any atom is 0.401 e. The van der Waals surface area contributed by atoms with Crippen molar-refractivity contribution in [1.82, 2.24) is 5.32 Å². The summed E-state index contributed by atoms with van der Waals surface area (Å²) in [6.45, 7) is 2.43. The van der Waals surface area contributed by atoms with Gasteiger partial charge in [0.1, 0.15) is 6.04 Å². The number of nitrogens with one attached hydrogen (secondary N) is 1. The van der Waals surface area contributed by atoms with Gasteiger partial charge in [-0.05, 0) is 24.8 Å². The van der Waals surface area contributed by atoms with Crippen LogP contribution >= 0.6 is 0 Å². The Morgan fingerprint density at radius 2 is 1.90 bits per heavy atom. The molecule has 0 aliphatic rings. The molecule has 1 aromatic carbocycles. The van der Waals surface area contributed by atoms with Crippen LogP contribution in [-0.4, -0.2) is 31.3 Å². The minimum atomic E-state index is -4.36. The van der Waals surface area contributed by atoms with Gasteiger partial charge in [0.2, 0.25) is 0 Å². The van der Waals surface area contributed by atoms with E-state index in [0.717, 1.165) is 5.56 Å². The number of hydrogen-bond donors (Lipinski definition) is 1. The van der Waals surface area contributed by atoms with Gasteiger partial charge >= 0.3 is 12.1 Å². The lowest BCUT2D eigenvalue weighted by molar-refractivity contribution is -0.149. The number of carbonyl (C=O) groups is 1. The van der Waals surface area contributed by atoms with Gasteiger partial charge in [0.05, 0.1) is 13.2 Å². The summed E-state index contributed by atoms with van der Waals surface area (Å²) in [5, 5.41) is 2.25. The molecule has 1 N–H and O–H groups in total. The Labute approximate surface area is 122 Å². The van der Waals surface area contributed by atoms with E-state index in [-0.39, 0.29) is 18.9 Å². The molecule has 0 heterocycles. The van der Waals surface area contributed by atoms with E-state index < -0.39 is 24.7 Å². The topological polar surface area (TPSA) is 38.3 Å². The molecule has 0 spiro atoms. The van der Waals surface area contributed by atoms with Crippen molar-refractivity contribution >= 4 is 5.97 Å². The van der Waals surface area contributed by atoms with E-state index in [1.54, 1.807) is 6.92 Å². The molecule has 1 rings (SSSR count). The molecule has 0 aliphatic carbocycles. The Balaban J connectivity index is 2.70. The predicted molar refractivity (Wildman–Crippen MR) is 74.0 cm³/mol. The molecule has 0 fully saturated rings. The zero-order valence-corrected chi connectivity index (χ0v) is 12.1. The third kappa shape index (κ3) is 6.62. The van der Waals surface area contributed by atoms with E-state index in [1.807, 2.05) is 37.3 Å². The minimum absolute atomic E-state index is 0.0543. The fourth-order valence-electron chi connectivity index (χ4n) is 2.02. The highest BCUT2D eigenvalue weighted by atomic mass is 19.4. The first-order valence-corrected chi connectivity index (χ1v) is 6.85. The molecule has 0 saturated carbocycles. The Hall–Kier alpha value is -1.56. The van der Waals surface area contributed by atoms with Crippen LogP contribution in [-0.2, 0) is 9.53 Å². The number of carbonyl (C=O) groups excluding carboxylic acids is 1. The SMILES string of the molecule is CCOC(=O)C(CC(C)c1ccccc1)NCC(F)(F)F. The largest absolute Gasteiger partial charge is 0.465 e. The maximum absolute atomic E-state index is 12.3. The molecule has 0 aromatic heterocycles. The number of benzene rings is 1. The second kappa shape index (κ2) is 8.02. The summed E-state index contributed by atoms with van der Waals surface area (Å²) in [4.78, 5) is 11.8. The van der Waals surface area contributed by atoms with Gasteiger partial charge in [0, 0.05) is 0 Å². The number of rotatable bonds is 7. The molecule has 1 aromatic rings. The zero-order valence-electron chi connectivity index (χ0n) is 12.1. The Morgan fingerprint density at radius 1 is 1.29 bits per heavy atom. The van der Waals surface area contributed by atoms with Crippen molar-refractivity contribution in [3.8, 4) is 0 Å². The fourth-order valence-corrected chi connectivity index (χ4v) is 2.02. The van der Waals surface area contributed by atoms with Crippen LogP contribution in [0.3, 0.4) is 0 Å².